The number of phenolic OH excluding ortho intramolecular Hbond substituents is 1. The van der Waals surface area contributed by atoms with Gasteiger partial charge in [-0.1, -0.05) is 78.4 Å². The summed E-state index contributed by atoms with van der Waals surface area (Å²) in [7, 11) is 2.79. The molecule has 14 heteroatoms. The second-order valence-corrected chi connectivity index (χ2v) is 14.8. The lowest BCUT2D eigenvalue weighted by molar-refractivity contribution is -0.392. The standard InChI is InChI=1S/C42H33FN4O9/c1-44(2)38-32(46(53)54)18-25(19-33(38)47(55)56)45-40(51)27-15-14-26-29(36(27)41(45)52)20-30-39(50)28(22-9-5-3-6-10-22)21-35(49)42(30,24-11-7-4-8-12-24)37(26)23-13-16-34(48)31(43)17-23/h3-14,16-19,21,27,29-30,36-37,48H,15,20H2,1-2H3/t27-,29+,30-,36-,37-,42-/m0/s1. The minimum absolute atomic E-state index is 0.0165. The first kappa shape index (κ1) is 36.2. The first-order valence-corrected chi connectivity index (χ1v) is 17.9. The van der Waals surface area contributed by atoms with Crippen molar-refractivity contribution in [2.75, 3.05) is 23.9 Å². The first-order chi connectivity index (χ1) is 26.8. The SMILES string of the molecule is CN(C)c1c([N+](=O)[O-])cc(N2C(=O)[C@H]3[C@H](CC=C4[C@H]3C[C@H]3C(=O)C(c5ccccc5)=CC(=O)[C@@]3(c3ccccc3)[C@H]4c3ccc(O)c(F)c3)C2=O)cc1[N+](=O)[O-]. The molecule has 1 aliphatic heterocycles. The molecule has 4 aromatic rings. The number of fused-ring (bicyclic) bond motifs is 4. The summed E-state index contributed by atoms with van der Waals surface area (Å²) in [5, 5.41) is 34.6. The Morgan fingerprint density at radius 1 is 0.839 bits per heavy atom. The average Bonchev–Trinajstić information content (AvgIpc) is 3.45. The van der Waals surface area contributed by atoms with E-state index in [2.05, 4.69) is 0 Å². The lowest BCUT2D eigenvalue weighted by Crippen LogP contribution is -2.58. The number of halogens is 1. The van der Waals surface area contributed by atoms with E-state index in [1.807, 2.05) is 0 Å². The van der Waals surface area contributed by atoms with Gasteiger partial charge in [-0.3, -0.25) is 39.4 Å². The molecule has 4 aromatic carbocycles. The Hall–Kier alpha value is -6.83. The number of phenols is 1. The van der Waals surface area contributed by atoms with E-state index in [1.165, 1.54) is 31.1 Å². The fourth-order valence-electron chi connectivity index (χ4n) is 9.66. The van der Waals surface area contributed by atoms with Crippen LogP contribution in [0, 0.1) is 49.7 Å². The van der Waals surface area contributed by atoms with Crippen molar-refractivity contribution in [2.45, 2.75) is 24.2 Å². The number of amides is 2. The van der Waals surface area contributed by atoms with Gasteiger partial charge in [0, 0.05) is 43.6 Å². The largest absolute Gasteiger partial charge is 0.505 e. The number of ketones is 2. The van der Waals surface area contributed by atoms with Crippen molar-refractivity contribution in [2.24, 2.45) is 23.7 Å². The van der Waals surface area contributed by atoms with Crippen LogP contribution < -0.4 is 9.80 Å². The van der Waals surface area contributed by atoms with Crippen molar-refractivity contribution in [3.8, 4) is 5.75 Å². The zero-order chi connectivity index (χ0) is 39.8. The quantitative estimate of drug-likeness (QED) is 0.0954. The lowest BCUT2D eigenvalue weighted by atomic mass is 9.44. The average molecular weight is 757 g/mol. The van der Waals surface area contributed by atoms with Crippen LogP contribution in [0.15, 0.2) is 109 Å². The number of imide groups is 1. The van der Waals surface area contributed by atoms with Crippen molar-refractivity contribution < 1.29 is 38.5 Å². The maximum Gasteiger partial charge on any atom is 0.301 e. The van der Waals surface area contributed by atoms with Gasteiger partial charge >= 0.3 is 11.4 Å². The van der Waals surface area contributed by atoms with Crippen molar-refractivity contribution in [1.82, 2.24) is 0 Å². The fraction of sp³-hybridized carbons (Fsp3) is 0.238. The van der Waals surface area contributed by atoms with Gasteiger partial charge in [-0.05, 0) is 53.7 Å². The molecule has 1 heterocycles. The number of hydrogen-bond donors (Lipinski definition) is 1. The Labute approximate surface area is 318 Å². The van der Waals surface area contributed by atoms with Crippen molar-refractivity contribution in [3.05, 3.63) is 151 Å². The molecule has 1 saturated carbocycles. The van der Waals surface area contributed by atoms with Crippen LogP contribution in [-0.4, -0.2) is 52.4 Å². The Kier molecular flexibility index (Phi) is 8.51. The summed E-state index contributed by atoms with van der Waals surface area (Å²) >= 11 is 0. The van der Waals surface area contributed by atoms with E-state index < -0.39 is 85.4 Å². The Morgan fingerprint density at radius 2 is 1.46 bits per heavy atom. The number of carbonyl (C=O) groups is 4. The third-order valence-corrected chi connectivity index (χ3v) is 11.8. The summed E-state index contributed by atoms with van der Waals surface area (Å²) in [6, 6.07) is 23.1. The molecule has 4 aliphatic rings. The van der Waals surface area contributed by atoms with Gasteiger partial charge in [0.25, 0.3) is 0 Å². The summed E-state index contributed by atoms with van der Waals surface area (Å²) in [5.41, 5.74) is -1.71. The predicted molar refractivity (Wildman–Crippen MR) is 201 cm³/mol. The molecule has 0 unspecified atom stereocenters. The maximum absolute atomic E-state index is 15.4. The van der Waals surface area contributed by atoms with E-state index in [0.717, 1.165) is 29.2 Å². The number of rotatable bonds is 7. The van der Waals surface area contributed by atoms with Crippen molar-refractivity contribution in [1.29, 1.82) is 0 Å². The number of nitrogens with zero attached hydrogens (tertiary/aromatic N) is 4. The molecule has 282 valence electrons. The third-order valence-electron chi connectivity index (χ3n) is 11.8. The third kappa shape index (κ3) is 5.19. The van der Waals surface area contributed by atoms with Crippen LogP contribution in [-0.2, 0) is 24.6 Å². The highest BCUT2D eigenvalue weighted by Crippen LogP contribution is 2.64. The normalized spacial score (nSPS) is 25.5. The minimum Gasteiger partial charge on any atom is -0.505 e. The number of anilines is 2. The molecule has 0 bridgehead atoms. The first-order valence-electron chi connectivity index (χ1n) is 17.9. The number of allylic oxidation sites excluding steroid dienone is 4. The Morgan fingerprint density at radius 3 is 2.05 bits per heavy atom. The van der Waals surface area contributed by atoms with Crippen molar-refractivity contribution >= 4 is 51.7 Å². The summed E-state index contributed by atoms with van der Waals surface area (Å²) in [4.78, 5) is 83.9. The maximum atomic E-state index is 15.4. The molecular formula is C42H33FN4O9. The number of hydrogen-bond acceptors (Lipinski definition) is 10. The fourth-order valence-corrected chi connectivity index (χ4v) is 9.66. The van der Waals surface area contributed by atoms with Crippen LogP contribution in [0.2, 0.25) is 0 Å². The molecule has 2 amide bonds. The van der Waals surface area contributed by atoms with Gasteiger partial charge in [-0.2, -0.15) is 0 Å². The number of Topliss-reactive ketones (excluding diaryl/α,β-unsaturated/α-hetero) is 1. The smallest absolute Gasteiger partial charge is 0.301 e. The predicted octanol–water partition coefficient (Wildman–Crippen LogP) is 6.44. The minimum atomic E-state index is -1.64. The molecule has 3 aliphatic carbocycles. The number of nitro groups is 2. The molecule has 8 rings (SSSR count). The molecule has 56 heavy (non-hydrogen) atoms. The van der Waals surface area contributed by atoms with Gasteiger partial charge in [0.2, 0.25) is 11.8 Å². The highest BCUT2D eigenvalue weighted by Gasteiger charge is 2.66. The molecule has 0 spiro atoms. The molecule has 13 nitrogen and oxygen atoms in total. The highest BCUT2D eigenvalue weighted by molar-refractivity contribution is 6.32. The van der Waals surface area contributed by atoms with Crippen LogP contribution >= 0.6 is 0 Å². The number of carbonyl (C=O) groups excluding carboxylic acids is 4. The molecule has 6 atom stereocenters. The number of aromatic hydroxyl groups is 1. The second kappa shape index (κ2) is 13.2. The molecule has 1 N–H and O–H groups in total. The molecule has 0 radical (unpaired) electrons. The monoisotopic (exact) mass is 756 g/mol. The van der Waals surface area contributed by atoms with E-state index in [-0.39, 0.29) is 41.1 Å². The van der Waals surface area contributed by atoms with E-state index in [4.69, 9.17) is 0 Å². The molecule has 2 fully saturated rings. The van der Waals surface area contributed by atoms with E-state index in [1.54, 1.807) is 66.7 Å². The summed E-state index contributed by atoms with van der Waals surface area (Å²) in [6.07, 6.45) is 3.00. The van der Waals surface area contributed by atoms with Gasteiger partial charge < -0.3 is 10.0 Å². The molecular weight excluding hydrogens is 723 g/mol. The zero-order valence-corrected chi connectivity index (χ0v) is 30.0. The van der Waals surface area contributed by atoms with Gasteiger partial charge in [-0.25, -0.2) is 9.29 Å². The van der Waals surface area contributed by atoms with E-state index in [0.29, 0.717) is 16.7 Å². The van der Waals surface area contributed by atoms with Crippen LogP contribution in [0.1, 0.15) is 35.4 Å². The summed E-state index contributed by atoms with van der Waals surface area (Å²) < 4.78 is 15.4. The molecule has 0 aromatic heterocycles. The van der Waals surface area contributed by atoms with Gasteiger partial charge in [-0.15, -0.1) is 0 Å². The van der Waals surface area contributed by atoms with Gasteiger partial charge in [0.1, 0.15) is 0 Å². The van der Waals surface area contributed by atoms with Gasteiger partial charge in [0.05, 0.1) is 32.8 Å². The van der Waals surface area contributed by atoms with Crippen LogP contribution in [0.4, 0.5) is 27.1 Å². The van der Waals surface area contributed by atoms with E-state index >= 15 is 14.0 Å². The Bertz CT molecular complexity index is 2430. The highest BCUT2D eigenvalue weighted by atomic mass is 19.1. The van der Waals surface area contributed by atoms with E-state index in [9.17, 15) is 34.9 Å². The Balaban J connectivity index is 1.33. The zero-order valence-electron chi connectivity index (χ0n) is 30.0. The second-order valence-electron chi connectivity index (χ2n) is 14.8. The van der Waals surface area contributed by atoms with Gasteiger partial charge in [0.15, 0.2) is 28.8 Å². The summed E-state index contributed by atoms with van der Waals surface area (Å²) in [5.74, 6) is -9.07. The topological polar surface area (TPSA) is 181 Å². The summed E-state index contributed by atoms with van der Waals surface area (Å²) in [6.45, 7) is 0. The lowest BCUT2D eigenvalue weighted by Gasteiger charge is -2.55. The number of benzene rings is 4. The number of nitro benzene ring substituents is 2. The van der Waals surface area contributed by atoms with Crippen LogP contribution in [0.5, 0.6) is 5.75 Å². The molecule has 1 saturated heterocycles. The van der Waals surface area contributed by atoms with Crippen LogP contribution in [0.25, 0.3) is 5.57 Å². The van der Waals surface area contributed by atoms with Crippen molar-refractivity contribution in [3.63, 3.8) is 0 Å². The van der Waals surface area contributed by atoms with Crippen LogP contribution in [0.3, 0.4) is 0 Å².